The van der Waals surface area contributed by atoms with Crippen molar-refractivity contribution < 1.29 is 4.74 Å². The van der Waals surface area contributed by atoms with Crippen molar-refractivity contribution in [2.45, 2.75) is 43.9 Å². The molecule has 1 aliphatic carbocycles. The first kappa shape index (κ1) is 14.1. The third kappa shape index (κ3) is 2.62. The first-order valence-electron chi connectivity index (χ1n) is 7.80. The molecule has 0 bridgehead atoms. The fourth-order valence-corrected chi connectivity index (χ4v) is 3.90. The van der Waals surface area contributed by atoms with Crippen LogP contribution in [-0.4, -0.2) is 43.8 Å². The second-order valence-corrected chi connectivity index (χ2v) is 6.37. The second kappa shape index (κ2) is 5.84. The van der Waals surface area contributed by atoms with E-state index in [-0.39, 0.29) is 5.54 Å². The zero-order valence-corrected chi connectivity index (χ0v) is 12.6. The van der Waals surface area contributed by atoms with Gasteiger partial charge in [-0.05, 0) is 31.7 Å². The van der Waals surface area contributed by atoms with Gasteiger partial charge in [0.2, 0.25) is 0 Å². The summed E-state index contributed by atoms with van der Waals surface area (Å²) in [6.45, 7) is 5.58. The van der Waals surface area contributed by atoms with Crippen LogP contribution in [-0.2, 0) is 10.3 Å². The molecule has 1 heterocycles. The minimum absolute atomic E-state index is 0.0559. The molecular formula is C17H26N2O. The average Bonchev–Trinajstić information content (AvgIpc) is 2.97. The van der Waals surface area contributed by atoms with Gasteiger partial charge in [-0.1, -0.05) is 30.3 Å². The quantitative estimate of drug-likeness (QED) is 0.916. The maximum Gasteiger partial charge on any atom is 0.0726 e. The number of piperazine rings is 1. The van der Waals surface area contributed by atoms with Crippen molar-refractivity contribution >= 4 is 0 Å². The van der Waals surface area contributed by atoms with Gasteiger partial charge in [-0.25, -0.2) is 0 Å². The SMILES string of the molecule is COC1CCCC1N1CCNC(C)(c2ccccc2)C1. The summed E-state index contributed by atoms with van der Waals surface area (Å²) in [6.07, 6.45) is 4.22. The number of nitrogens with one attached hydrogen (secondary N) is 1. The highest BCUT2D eigenvalue weighted by Gasteiger charge is 2.39. The zero-order chi connectivity index (χ0) is 14.0. The molecule has 2 fully saturated rings. The van der Waals surface area contributed by atoms with E-state index in [9.17, 15) is 0 Å². The fraction of sp³-hybridized carbons (Fsp3) is 0.647. The van der Waals surface area contributed by atoms with Crippen LogP contribution in [0.4, 0.5) is 0 Å². The van der Waals surface area contributed by atoms with E-state index in [0.717, 1.165) is 19.6 Å². The molecule has 1 aromatic rings. The van der Waals surface area contributed by atoms with Crippen LogP contribution in [0, 0.1) is 0 Å². The predicted octanol–water partition coefficient (Wildman–Crippen LogP) is 2.37. The van der Waals surface area contributed by atoms with Gasteiger partial charge in [0, 0.05) is 32.8 Å². The molecule has 3 rings (SSSR count). The first-order chi connectivity index (χ1) is 9.73. The highest BCUT2D eigenvalue weighted by atomic mass is 16.5. The van der Waals surface area contributed by atoms with Crippen molar-refractivity contribution in [2.75, 3.05) is 26.7 Å². The number of hydrogen-bond donors (Lipinski definition) is 1. The highest BCUT2D eigenvalue weighted by Crippen LogP contribution is 2.31. The molecule has 1 aliphatic heterocycles. The third-order valence-corrected chi connectivity index (χ3v) is 5.03. The van der Waals surface area contributed by atoms with Gasteiger partial charge in [0.05, 0.1) is 11.6 Å². The van der Waals surface area contributed by atoms with Gasteiger partial charge in [0.25, 0.3) is 0 Å². The third-order valence-electron chi connectivity index (χ3n) is 5.03. The summed E-state index contributed by atoms with van der Waals surface area (Å²) in [4.78, 5) is 2.64. The maximum absolute atomic E-state index is 5.69. The number of rotatable bonds is 3. The van der Waals surface area contributed by atoms with Crippen LogP contribution >= 0.6 is 0 Å². The summed E-state index contributed by atoms with van der Waals surface area (Å²) in [5.41, 5.74) is 1.44. The number of ether oxygens (including phenoxy) is 1. The van der Waals surface area contributed by atoms with Crippen LogP contribution in [0.2, 0.25) is 0 Å². The molecule has 0 aromatic heterocycles. The van der Waals surface area contributed by atoms with Gasteiger partial charge in [-0.2, -0.15) is 0 Å². The van der Waals surface area contributed by atoms with Gasteiger partial charge in [0.1, 0.15) is 0 Å². The summed E-state index contributed by atoms with van der Waals surface area (Å²) >= 11 is 0. The predicted molar refractivity (Wildman–Crippen MR) is 81.8 cm³/mol. The summed E-state index contributed by atoms with van der Waals surface area (Å²) in [6, 6.07) is 11.4. The first-order valence-corrected chi connectivity index (χ1v) is 7.80. The Kier molecular flexibility index (Phi) is 4.11. The molecular weight excluding hydrogens is 248 g/mol. The lowest BCUT2D eigenvalue weighted by Crippen LogP contribution is -2.60. The Balaban J connectivity index is 1.76. The molecule has 3 unspecified atom stereocenters. The van der Waals surface area contributed by atoms with Crippen LogP contribution in [0.25, 0.3) is 0 Å². The normalized spacial score (nSPS) is 35.3. The monoisotopic (exact) mass is 274 g/mol. The van der Waals surface area contributed by atoms with E-state index in [4.69, 9.17) is 4.74 Å². The maximum atomic E-state index is 5.69. The lowest BCUT2D eigenvalue weighted by atomic mass is 9.89. The van der Waals surface area contributed by atoms with E-state index < -0.39 is 0 Å². The average molecular weight is 274 g/mol. The molecule has 3 nitrogen and oxygen atoms in total. The van der Waals surface area contributed by atoms with Crippen LogP contribution in [0.5, 0.6) is 0 Å². The minimum Gasteiger partial charge on any atom is -0.380 e. The Morgan fingerprint density at radius 2 is 2.05 bits per heavy atom. The van der Waals surface area contributed by atoms with Gasteiger partial charge >= 0.3 is 0 Å². The van der Waals surface area contributed by atoms with Gasteiger partial charge in [-0.3, -0.25) is 4.90 Å². The van der Waals surface area contributed by atoms with Crippen molar-refractivity contribution in [1.29, 1.82) is 0 Å². The summed E-state index contributed by atoms with van der Waals surface area (Å²) in [5.74, 6) is 0. The van der Waals surface area contributed by atoms with E-state index >= 15 is 0 Å². The molecule has 0 amide bonds. The molecule has 3 atom stereocenters. The Morgan fingerprint density at radius 3 is 2.80 bits per heavy atom. The molecule has 110 valence electrons. The van der Waals surface area contributed by atoms with E-state index in [2.05, 4.69) is 47.5 Å². The lowest BCUT2D eigenvalue weighted by molar-refractivity contribution is 0.00852. The van der Waals surface area contributed by atoms with Crippen LogP contribution in [0.3, 0.4) is 0 Å². The minimum atomic E-state index is 0.0559. The summed E-state index contributed by atoms with van der Waals surface area (Å²) in [5, 5.41) is 3.72. The molecule has 0 radical (unpaired) electrons. The van der Waals surface area contributed by atoms with Crippen molar-refractivity contribution in [3.05, 3.63) is 35.9 Å². The Bertz CT molecular complexity index is 436. The van der Waals surface area contributed by atoms with E-state index in [0.29, 0.717) is 12.1 Å². The van der Waals surface area contributed by atoms with Gasteiger partial charge in [0.15, 0.2) is 0 Å². The van der Waals surface area contributed by atoms with E-state index in [1.54, 1.807) is 0 Å². The molecule has 0 spiro atoms. The molecule has 1 saturated carbocycles. The Morgan fingerprint density at radius 1 is 1.25 bits per heavy atom. The van der Waals surface area contributed by atoms with Crippen LogP contribution in [0.1, 0.15) is 31.7 Å². The summed E-state index contributed by atoms with van der Waals surface area (Å²) in [7, 11) is 1.86. The Hall–Kier alpha value is -0.900. The zero-order valence-electron chi connectivity index (χ0n) is 12.6. The summed E-state index contributed by atoms with van der Waals surface area (Å²) < 4.78 is 5.69. The molecule has 1 saturated heterocycles. The van der Waals surface area contributed by atoms with Gasteiger partial charge < -0.3 is 10.1 Å². The molecule has 3 heteroatoms. The van der Waals surface area contributed by atoms with Crippen molar-refractivity contribution in [3.63, 3.8) is 0 Å². The molecule has 1 aromatic carbocycles. The molecule has 2 aliphatic rings. The van der Waals surface area contributed by atoms with Crippen molar-refractivity contribution in [1.82, 2.24) is 10.2 Å². The highest BCUT2D eigenvalue weighted by molar-refractivity contribution is 5.25. The standard InChI is InChI=1S/C17H26N2O/c1-17(14-7-4-3-5-8-14)13-19(12-11-18-17)15-9-6-10-16(15)20-2/h3-5,7-8,15-16,18H,6,9-13H2,1-2H3. The topological polar surface area (TPSA) is 24.5 Å². The number of methoxy groups -OCH3 is 1. The van der Waals surface area contributed by atoms with Crippen molar-refractivity contribution in [3.8, 4) is 0 Å². The largest absolute Gasteiger partial charge is 0.380 e. The van der Waals surface area contributed by atoms with Crippen LogP contribution in [0.15, 0.2) is 30.3 Å². The molecule has 1 N–H and O–H groups in total. The number of benzene rings is 1. The van der Waals surface area contributed by atoms with Gasteiger partial charge in [-0.15, -0.1) is 0 Å². The fourth-order valence-electron chi connectivity index (χ4n) is 3.90. The molecule has 20 heavy (non-hydrogen) atoms. The van der Waals surface area contributed by atoms with Crippen molar-refractivity contribution in [2.24, 2.45) is 0 Å². The van der Waals surface area contributed by atoms with Crippen LogP contribution < -0.4 is 5.32 Å². The van der Waals surface area contributed by atoms with E-state index in [1.165, 1.54) is 24.8 Å². The number of nitrogens with zero attached hydrogens (tertiary/aromatic N) is 1. The lowest BCUT2D eigenvalue weighted by Gasteiger charge is -2.45. The van der Waals surface area contributed by atoms with E-state index in [1.807, 2.05) is 7.11 Å². The smallest absolute Gasteiger partial charge is 0.0726 e. The number of hydrogen-bond acceptors (Lipinski definition) is 3. The second-order valence-electron chi connectivity index (χ2n) is 6.37. The Labute approximate surface area is 122 Å².